The van der Waals surface area contributed by atoms with Crippen molar-refractivity contribution in [3.63, 3.8) is 0 Å². The van der Waals surface area contributed by atoms with Gasteiger partial charge in [-0.1, -0.05) is 48.5 Å². The molecule has 0 fully saturated rings. The first kappa shape index (κ1) is 44.6. The number of H-pyrrole nitrogens is 2. The van der Waals surface area contributed by atoms with Crippen LogP contribution >= 0.6 is 0 Å². The topological polar surface area (TPSA) is 139 Å². The number of aromatic nitrogens is 4. The second-order valence-corrected chi connectivity index (χ2v) is 17.6. The van der Waals surface area contributed by atoms with E-state index in [-0.39, 0.29) is 23.6 Å². The average molecular weight is 899 g/mol. The van der Waals surface area contributed by atoms with E-state index in [1.54, 1.807) is 76.0 Å². The van der Waals surface area contributed by atoms with Gasteiger partial charge in [0.1, 0.15) is 0 Å². The molecule has 5 heterocycles. The van der Waals surface area contributed by atoms with E-state index in [9.17, 15) is 19.2 Å². The molecule has 12 nitrogen and oxygen atoms in total. The number of carbonyl (C=O) groups excluding carboxylic acids is 4. The summed E-state index contributed by atoms with van der Waals surface area (Å²) in [4.78, 5) is 76.5. The maximum absolute atomic E-state index is 13.0. The number of amides is 4. The first-order valence-electron chi connectivity index (χ1n) is 22.1. The summed E-state index contributed by atoms with van der Waals surface area (Å²) >= 11 is 0. The van der Waals surface area contributed by atoms with Crippen LogP contribution in [0.5, 0.6) is 0 Å². The summed E-state index contributed by atoms with van der Waals surface area (Å²) in [5, 5.41) is 0. The lowest BCUT2D eigenvalue weighted by molar-refractivity contribution is 0.0820. The fourth-order valence-electron chi connectivity index (χ4n) is 8.57. The van der Waals surface area contributed by atoms with Crippen LogP contribution in [-0.2, 0) is 0 Å². The third-order valence-electron chi connectivity index (χ3n) is 12.1. The van der Waals surface area contributed by atoms with E-state index in [2.05, 4.69) is 9.97 Å². The molecule has 0 spiro atoms. The van der Waals surface area contributed by atoms with Crippen LogP contribution < -0.4 is 0 Å². The molecule has 0 saturated carbocycles. The number of fused-ring (bicyclic) bond motifs is 8. The van der Waals surface area contributed by atoms with E-state index < -0.39 is 0 Å². The molecule has 2 aliphatic heterocycles. The van der Waals surface area contributed by atoms with Gasteiger partial charge in [-0.15, -0.1) is 0 Å². The van der Waals surface area contributed by atoms with Crippen LogP contribution in [0.1, 0.15) is 64.2 Å². The first-order chi connectivity index (χ1) is 32.7. The minimum atomic E-state index is -0.103. The molecule has 0 aliphatic carbocycles. The summed E-state index contributed by atoms with van der Waals surface area (Å²) in [6, 6.07) is 38.3. The predicted octanol–water partition coefficient (Wildman–Crippen LogP) is 10.1. The van der Waals surface area contributed by atoms with Crippen LogP contribution in [0.3, 0.4) is 0 Å². The molecular formula is C56H50N8O4. The van der Waals surface area contributed by atoms with Gasteiger partial charge in [0.2, 0.25) is 0 Å². The third-order valence-corrected chi connectivity index (χ3v) is 12.1. The summed E-state index contributed by atoms with van der Waals surface area (Å²) in [7, 11) is 13.9. The number of hydrogen-bond acceptors (Lipinski definition) is 6. The number of benzene rings is 4. The molecule has 7 aromatic rings. The summed E-state index contributed by atoms with van der Waals surface area (Å²) in [6.07, 6.45) is 8.00. The molecule has 2 aliphatic rings. The largest absolute Gasteiger partial charge is 0.354 e. The van der Waals surface area contributed by atoms with E-state index in [0.29, 0.717) is 45.0 Å². The van der Waals surface area contributed by atoms with Crippen molar-refractivity contribution in [3.05, 3.63) is 166 Å². The lowest BCUT2D eigenvalue weighted by Crippen LogP contribution is -2.21. The average Bonchev–Trinajstić information content (AvgIpc) is 4.20. The zero-order valence-corrected chi connectivity index (χ0v) is 39.2. The molecule has 12 heteroatoms. The highest BCUT2D eigenvalue weighted by Gasteiger charge is 2.21. The summed E-state index contributed by atoms with van der Waals surface area (Å²) < 4.78 is 0. The quantitative estimate of drug-likeness (QED) is 0.156. The lowest BCUT2D eigenvalue weighted by atomic mass is 10.0. The fraction of sp³-hybridized carbons (Fsp3) is 0.143. The molecule has 4 aromatic carbocycles. The number of carbonyl (C=O) groups is 4. The monoisotopic (exact) mass is 898 g/mol. The highest BCUT2D eigenvalue weighted by molar-refractivity contribution is 6.02. The summed E-state index contributed by atoms with van der Waals surface area (Å²) in [5.41, 5.74) is 14.7. The van der Waals surface area contributed by atoms with Crippen LogP contribution in [0.2, 0.25) is 0 Å². The fourth-order valence-corrected chi connectivity index (χ4v) is 8.57. The van der Waals surface area contributed by atoms with Gasteiger partial charge in [-0.3, -0.25) is 19.2 Å². The Labute approximate surface area is 394 Å². The smallest absolute Gasteiger partial charge is 0.253 e. The van der Waals surface area contributed by atoms with Crippen molar-refractivity contribution in [3.8, 4) is 44.5 Å². The predicted molar refractivity (Wildman–Crippen MR) is 273 cm³/mol. The lowest BCUT2D eigenvalue weighted by Gasteiger charge is -2.12. The number of nitrogens with zero attached hydrogens (tertiary/aromatic N) is 6. The van der Waals surface area contributed by atoms with Crippen LogP contribution in [0.15, 0.2) is 121 Å². The van der Waals surface area contributed by atoms with Crippen LogP contribution in [0.25, 0.3) is 90.9 Å². The number of rotatable bonds is 8. The highest BCUT2D eigenvalue weighted by Crippen LogP contribution is 2.39. The van der Waals surface area contributed by atoms with Gasteiger partial charge in [-0.25, -0.2) is 9.97 Å². The van der Waals surface area contributed by atoms with Crippen LogP contribution in [0, 0.1) is 0 Å². The Kier molecular flexibility index (Phi) is 11.8. The second kappa shape index (κ2) is 18.0. The molecule has 338 valence electrons. The van der Waals surface area contributed by atoms with Gasteiger partial charge in [-0.2, -0.15) is 0 Å². The van der Waals surface area contributed by atoms with Gasteiger partial charge in [0.05, 0.1) is 22.8 Å². The van der Waals surface area contributed by atoms with Crippen molar-refractivity contribution in [2.24, 2.45) is 0 Å². The Bertz CT molecular complexity index is 2950. The SMILES string of the molecule is CN(C)C(=O)c1ccc(-c2c3nc(c(-c4ccc(C(=O)N(C)C)cc4)c4ccc([nH]4)c(-c4ccc(C(=O)N(C)C)cc4)c4nc(c(-c5ccc(C(=O)N(C)C)cc5)c5ccc2[nH]5)C=C4)C=C3)cc1. The minimum Gasteiger partial charge on any atom is -0.354 e. The van der Waals surface area contributed by atoms with Gasteiger partial charge in [-0.05, 0) is 119 Å². The van der Waals surface area contributed by atoms with Crippen molar-refractivity contribution in [1.29, 1.82) is 0 Å². The maximum atomic E-state index is 13.0. The van der Waals surface area contributed by atoms with E-state index in [1.807, 2.05) is 146 Å². The van der Waals surface area contributed by atoms with Gasteiger partial charge < -0.3 is 29.6 Å². The van der Waals surface area contributed by atoms with Crippen molar-refractivity contribution >= 4 is 70.0 Å². The van der Waals surface area contributed by atoms with Crippen molar-refractivity contribution in [2.45, 2.75) is 0 Å². The Balaban J connectivity index is 1.39. The number of nitrogens with one attached hydrogen (secondary N) is 2. The highest BCUT2D eigenvalue weighted by atomic mass is 16.2. The van der Waals surface area contributed by atoms with Gasteiger partial charge in [0.15, 0.2) is 0 Å². The molecule has 0 radical (unpaired) electrons. The molecular weight excluding hydrogens is 849 g/mol. The first-order valence-corrected chi connectivity index (χ1v) is 22.1. The molecule has 0 unspecified atom stereocenters. The second-order valence-electron chi connectivity index (χ2n) is 17.6. The molecule has 3 aromatic heterocycles. The molecule has 8 bridgehead atoms. The van der Waals surface area contributed by atoms with Gasteiger partial charge in [0, 0.05) is 123 Å². The van der Waals surface area contributed by atoms with E-state index in [1.165, 1.54) is 0 Å². The van der Waals surface area contributed by atoms with Crippen LogP contribution in [0.4, 0.5) is 0 Å². The molecule has 0 saturated heterocycles. The van der Waals surface area contributed by atoms with E-state index >= 15 is 0 Å². The van der Waals surface area contributed by atoms with Crippen LogP contribution in [-0.4, -0.2) is 120 Å². The van der Waals surface area contributed by atoms with E-state index in [0.717, 1.165) is 66.6 Å². The summed E-state index contributed by atoms with van der Waals surface area (Å²) in [6.45, 7) is 0. The standard InChI is InChI=1S/C56H50N8O4/c1-61(2)53(65)37-17-9-33(10-18-37)49-41-25-27-43(57-41)50(34-11-19-38(20-12-34)54(66)62(3)4)45-29-31-47(59-45)52(36-15-23-40(24-16-36)56(68)64(7)8)48-32-30-46(60-48)51(44-28-26-42(49)58-44)35-13-21-39(22-14-35)55(67)63(5)6/h9-32,57,60H,1-8H3. The van der Waals surface area contributed by atoms with E-state index in [4.69, 9.17) is 9.97 Å². The summed E-state index contributed by atoms with van der Waals surface area (Å²) in [5.74, 6) is -0.410. The molecule has 2 N–H and O–H groups in total. The van der Waals surface area contributed by atoms with Crippen molar-refractivity contribution < 1.29 is 19.2 Å². The Morgan fingerprint density at radius 2 is 0.500 bits per heavy atom. The Morgan fingerprint density at radius 3 is 0.676 bits per heavy atom. The Hall–Kier alpha value is -8.64. The normalized spacial score (nSPS) is 11.6. The van der Waals surface area contributed by atoms with Gasteiger partial charge in [0.25, 0.3) is 23.6 Å². The van der Waals surface area contributed by atoms with Gasteiger partial charge >= 0.3 is 0 Å². The molecule has 9 rings (SSSR count). The maximum Gasteiger partial charge on any atom is 0.253 e. The van der Waals surface area contributed by atoms with Crippen molar-refractivity contribution in [2.75, 3.05) is 56.4 Å². The van der Waals surface area contributed by atoms with Crippen molar-refractivity contribution in [1.82, 2.24) is 39.5 Å². The number of hydrogen-bond donors (Lipinski definition) is 2. The molecule has 0 atom stereocenters. The molecule has 68 heavy (non-hydrogen) atoms. The number of aromatic amines is 2. The zero-order valence-electron chi connectivity index (χ0n) is 39.2. The Morgan fingerprint density at radius 1 is 0.309 bits per heavy atom. The zero-order chi connectivity index (χ0) is 48.0. The minimum absolute atomic E-state index is 0.103. The third kappa shape index (κ3) is 8.39. The molecule has 4 amide bonds.